The van der Waals surface area contributed by atoms with Crippen molar-refractivity contribution in [3.05, 3.63) is 0 Å². The molecule has 3 N–H and O–H groups in total. The fourth-order valence-corrected chi connectivity index (χ4v) is 8.49. The van der Waals surface area contributed by atoms with E-state index in [-0.39, 0.29) is 41.4 Å². The van der Waals surface area contributed by atoms with Gasteiger partial charge in [0.15, 0.2) is 0 Å². The zero-order valence-electron chi connectivity index (χ0n) is 20.6. The maximum atomic E-state index is 14.0. The molecule has 2 bridgehead atoms. The van der Waals surface area contributed by atoms with E-state index in [0.29, 0.717) is 13.0 Å². The first-order valence-corrected chi connectivity index (χ1v) is 13.0. The molecule has 3 aliphatic rings. The first-order chi connectivity index (χ1) is 14.9. The van der Waals surface area contributed by atoms with E-state index in [1.54, 1.807) is 16.7 Å². The molecule has 0 aromatic rings. The summed E-state index contributed by atoms with van der Waals surface area (Å²) in [6, 6.07) is -1.13. The summed E-state index contributed by atoms with van der Waals surface area (Å²) in [6.07, 6.45) is 2.26. The van der Waals surface area contributed by atoms with Crippen molar-refractivity contribution in [3.8, 4) is 0 Å². The Labute approximate surface area is 196 Å². The highest BCUT2D eigenvalue weighted by atomic mass is 32.2. The molecular formula is C24H41N3O4S. The number of hydrogen-bond donors (Lipinski definition) is 3. The van der Waals surface area contributed by atoms with Crippen LogP contribution >= 0.6 is 11.8 Å². The Morgan fingerprint density at radius 1 is 1.28 bits per heavy atom. The second-order valence-corrected chi connectivity index (χ2v) is 12.8. The second-order valence-electron chi connectivity index (χ2n) is 11.3. The Bertz CT molecular complexity index is 752. The molecular weight excluding hydrogens is 426 g/mol. The molecule has 3 rings (SSSR count). The number of aliphatic hydroxyl groups is 1. The number of likely N-dealkylation sites (tertiary alicyclic amines) is 1. The van der Waals surface area contributed by atoms with Crippen LogP contribution in [-0.4, -0.2) is 68.5 Å². The van der Waals surface area contributed by atoms with Crippen molar-refractivity contribution in [3.63, 3.8) is 0 Å². The molecule has 7 atom stereocenters. The summed E-state index contributed by atoms with van der Waals surface area (Å²) in [5, 5.41) is 16.4. The highest BCUT2D eigenvalue weighted by Gasteiger charge is 2.76. The van der Waals surface area contributed by atoms with Crippen LogP contribution in [0.15, 0.2) is 0 Å². The Kier molecular flexibility index (Phi) is 7.26. The predicted octanol–water partition coefficient (Wildman–Crippen LogP) is 2.17. The van der Waals surface area contributed by atoms with Gasteiger partial charge < -0.3 is 20.6 Å². The number of fused-ring (bicyclic) bond motifs is 1. The van der Waals surface area contributed by atoms with Gasteiger partial charge in [0.05, 0.1) is 29.2 Å². The van der Waals surface area contributed by atoms with Gasteiger partial charge in [0.2, 0.25) is 17.7 Å². The van der Waals surface area contributed by atoms with Gasteiger partial charge in [-0.05, 0) is 51.9 Å². The first kappa shape index (κ1) is 25.3. The van der Waals surface area contributed by atoms with E-state index in [1.807, 2.05) is 27.7 Å². The van der Waals surface area contributed by atoms with Crippen LogP contribution in [0.4, 0.5) is 0 Å². The Balaban J connectivity index is 2.08. The molecule has 0 aromatic carbocycles. The van der Waals surface area contributed by atoms with Crippen LogP contribution in [-0.2, 0) is 14.4 Å². The predicted molar refractivity (Wildman–Crippen MR) is 127 cm³/mol. The SMILES string of the molecule is CCCNC(=O)[C@@H]1[C@H]2C(=O)N([C@@H](CO)CC(C)C)C(C(=O)NC(C)(C)C)C23S[C@@H]1CC3C. The Morgan fingerprint density at radius 3 is 2.47 bits per heavy atom. The summed E-state index contributed by atoms with van der Waals surface area (Å²) in [5.74, 6) is -0.964. The van der Waals surface area contributed by atoms with Crippen molar-refractivity contribution in [2.45, 2.75) is 95.3 Å². The molecule has 3 saturated heterocycles. The number of amides is 3. The maximum Gasteiger partial charge on any atom is 0.244 e. The van der Waals surface area contributed by atoms with Crippen LogP contribution in [0, 0.1) is 23.7 Å². The average molecular weight is 468 g/mol. The number of thioether (sulfide) groups is 1. The van der Waals surface area contributed by atoms with E-state index in [9.17, 15) is 19.5 Å². The summed E-state index contributed by atoms with van der Waals surface area (Å²) in [6.45, 7) is 14.4. The van der Waals surface area contributed by atoms with E-state index < -0.39 is 34.2 Å². The zero-order chi connectivity index (χ0) is 24.0. The minimum atomic E-state index is -0.691. The van der Waals surface area contributed by atoms with Gasteiger partial charge in [-0.15, -0.1) is 11.8 Å². The number of aliphatic hydroxyl groups excluding tert-OH is 1. The largest absolute Gasteiger partial charge is 0.394 e. The molecule has 3 unspecified atom stereocenters. The highest BCUT2D eigenvalue weighted by Crippen LogP contribution is 2.68. The monoisotopic (exact) mass is 467 g/mol. The third-order valence-corrected chi connectivity index (χ3v) is 9.21. The van der Waals surface area contributed by atoms with Crippen molar-refractivity contribution in [2.75, 3.05) is 13.2 Å². The van der Waals surface area contributed by atoms with Crippen LogP contribution in [0.3, 0.4) is 0 Å². The fourth-order valence-electron chi connectivity index (χ4n) is 6.08. The fraction of sp³-hybridized carbons (Fsp3) is 0.875. The van der Waals surface area contributed by atoms with Gasteiger partial charge in [-0.3, -0.25) is 14.4 Å². The van der Waals surface area contributed by atoms with Gasteiger partial charge in [-0.1, -0.05) is 27.7 Å². The lowest BCUT2D eigenvalue weighted by Gasteiger charge is -2.41. The topological polar surface area (TPSA) is 98.7 Å². The molecule has 3 fully saturated rings. The van der Waals surface area contributed by atoms with Crippen LogP contribution in [0.1, 0.15) is 67.7 Å². The summed E-state index contributed by atoms with van der Waals surface area (Å²) >= 11 is 1.68. The van der Waals surface area contributed by atoms with Gasteiger partial charge in [-0.2, -0.15) is 0 Å². The summed E-state index contributed by atoms with van der Waals surface area (Å²) in [7, 11) is 0. The van der Waals surface area contributed by atoms with E-state index >= 15 is 0 Å². The Morgan fingerprint density at radius 2 is 1.94 bits per heavy atom. The van der Waals surface area contributed by atoms with Crippen molar-refractivity contribution in [2.24, 2.45) is 23.7 Å². The van der Waals surface area contributed by atoms with Gasteiger partial charge in [0.1, 0.15) is 6.04 Å². The highest BCUT2D eigenvalue weighted by molar-refractivity contribution is 8.02. The van der Waals surface area contributed by atoms with E-state index in [2.05, 4.69) is 31.4 Å². The van der Waals surface area contributed by atoms with Crippen LogP contribution in [0.2, 0.25) is 0 Å². The smallest absolute Gasteiger partial charge is 0.244 e. The van der Waals surface area contributed by atoms with Crippen LogP contribution in [0.25, 0.3) is 0 Å². The lowest BCUT2D eigenvalue weighted by Crippen LogP contribution is -2.61. The second kappa shape index (κ2) is 9.16. The number of nitrogens with one attached hydrogen (secondary N) is 2. The molecule has 0 saturated carbocycles. The third kappa shape index (κ3) is 4.17. The molecule has 8 heteroatoms. The van der Waals surface area contributed by atoms with Gasteiger partial charge in [0.25, 0.3) is 0 Å². The standard InChI is InChI=1S/C24H41N3O4S/c1-8-9-25-20(29)17-16-11-14(4)24(32-16)18(17)22(31)27(15(12-28)10-13(2)3)19(24)21(30)26-23(5,6)7/h13-19,28H,8-12H2,1-7H3,(H,25,29)(H,26,30)/t14?,15-,16-,17+,18+,19?,24?/m1/s1. The van der Waals surface area contributed by atoms with Crippen molar-refractivity contribution in [1.82, 2.24) is 15.5 Å². The van der Waals surface area contributed by atoms with Crippen molar-refractivity contribution < 1.29 is 19.5 Å². The van der Waals surface area contributed by atoms with E-state index in [1.165, 1.54) is 0 Å². The molecule has 3 heterocycles. The van der Waals surface area contributed by atoms with Crippen LogP contribution < -0.4 is 10.6 Å². The van der Waals surface area contributed by atoms with E-state index in [4.69, 9.17) is 0 Å². The van der Waals surface area contributed by atoms with Gasteiger partial charge in [-0.25, -0.2) is 0 Å². The molecule has 1 spiro atoms. The molecule has 182 valence electrons. The number of carbonyl (C=O) groups is 3. The number of rotatable bonds is 8. The average Bonchev–Trinajstić information content (AvgIpc) is 3.26. The van der Waals surface area contributed by atoms with Crippen molar-refractivity contribution >= 4 is 29.5 Å². The molecule has 0 radical (unpaired) electrons. The molecule has 3 amide bonds. The number of hydrogen-bond acceptors (Lipinski definition) is 5. The minimum Gasteiger partial charge on any atom is -0.394 e. The lowest BCUT2D eigenvalue weighted by molar-refractivity contribution is -0.143. The number of nitrogens with zero attached hydrogens (tertiary/aromatic N) is 1. The third-order valence-electron chi connectivity index (χ3n) is 7.13. The minimum absolute atomic E-state index is 0.0422. The lowest BCUT2D eigenvalue weighted by atomic mass is 9.65. The molecule has 7 nitrogen and oxygen atoms in total. The quantitative estimate of drug-likeness (QED) is 0.508. The summed E-state index contributed by atoms with van der Waals surface area (Å²) < 4.78 is -0.643. The zero-order valence-corrected chi connectivity index (χ0v) is 21.4. The normalized spacial score (nSPS) is 34.7. The molecule has 0 aromatic heterocycles. The summed E-state index contributed by atoms with van der Waals surface area (Å²) in [5.41, 5.74) is -0.449. The van der Waals surface area contributed by atoms with Crippen molar-refractivity contribution in [1.29, 1.82) is 0 Å². The Hall–Kier alpha value is -1.28. The first-order valence-electron chi connectivity index (χ1n) is 12.1. The maximum absolute atomic E-state index is 14.0. The van der Waals surface area contributed by atoms with Crippen LogP contribution in [0.5, 0.6) is 0 Å². The van der Waals surface area contributed by atoms with Gasteiger partial charge >= 0.3 is 0 Å². The van der Waals surface area contributed by atoms with E-state index in [0.717, 1.165) is 12.8 Å². The molecule has 3 aliphatic heterocycles. The molecule has 0 aliphatic carbocycles. The number of carbonyl (C=O) groups excluding carboxylic acids is 3. The molecule has 32 heavy (non-hydrogen) atoms. The van der Waals surface area contributed by atoms with Gasteiger partial charge in [0, 0.05) is 17.3 Å². The summed E-state index contributed by atoms with van der Waals surface area (Å²) in [4.78, 5) is 42.6.